The average Bonchev–Trinajstić information content (AvgIpc) is 2.48. The topological polar surface area (TPSA) is 38.3 Å². The molecule has 0 aliphatic heterocycles. The Hall–Kier alpha value is -1.51. The highest BCUT2D eigenvalue weighted by Crippen LogP contribution is 2.14. The van der Waals surface area contributed by atoms with Crippen LogP contribution >= 0.6 is 0 Å². The predicted molar refractivity (Wildman–Crippen MR) is 87.3 cm³/mol. The fraction of sp³-hybridized carbons (Fsp3) is 0.611. The van der Waals surface area contributed by atoms with E-state index in [4.69, 9.17) is 4.74 Å². The Morgan fingerprint density at radius 1 is 1.14 bits per heavy atom. The van der Waals surface area contributed by atoms with Crippen molar-refractivity contribution < 1.29 is 9.53 Å². The maximum Gasteiger partial charge on any atom is 0.407 e. The van der Waals surface area contributed by atoms with Gasteiger partial charge in [-0.2, -0.15) is 0 Å². The van der Waals surface area contributed by atoms with Gasteiger partial charge in [-0.05, 0) is 24.8 Å². The van der Waals surface area contributed by atoms with E-state index in [1.807, 2.05) is 37.3 Å². The van der Waals surface area contributed by atoms with Crippen LogP contribution in [0.1, 0.15) is 64.5 Å². The van der Waals surface area contributed by atoms with Crippen LogP contribution in [0.2, 0.25) is 0 Å². The van der Waals surface area contributed by atoms with E-state index in [0.29, 0.717) is 12.5 Å². The van der Waals surface area contributed by atoms with Crippen LogP contribution in [0.5, 0.6) is 0 Å². The number of unbranched alkanes of at least 4 members (excludes halogenated alkanes) is 2. The lowest BCUT2D eigenvalue weighted by atomic mass is 10.0. The van der Waals surface area contributed by atoms with Crippen LogP contribution in [-0.4, -0.2) is 12.7 Å². The molecule has 2 unspecified atom stereocenters. The second-order valence-corrected chi connectivity index (χ2v) is 5.80. The van der Waals surface area contributed by atoms with Gasteiger partial charge in [-0.15, -0.1) is 0 Å². The summed E-state index contributed by atoms with van der Waals surface area (Å²) in [6, 6.07) is 9.88. The van der Waals surface area contributed by atoms with Crippen LogP contribution in [0.15, 0.2) is 30.3 Å². The third kappa shape index (κ3) is 7.74. The molecule has 118 valence electrons. The summed E-state index contributed by atoms with van der Waals surface area (Å²) in [6.07, 6.45) is 5.65. The van der Waals surface area contributed by atoms with Gasteiger partial charge in [-0.25, -0.2) is 4.79 Å². The number of benzene rings is 1. The van der Waals surface area contributed by atoms with Crippen molar-refractivity contribution in [1.29, 1.82) is 0 Å². The highest BCUT2D eigenvalue weighted by atomic mass is 16.5. The van der Waals surface area contributed by atoms with Crippen LogP contribution < -0.4 is 5.32 Å². The van der Waals surface area contributed by atoms with E-state index < -0.39 is 0 Å². The Labute approximate surface area is 129 Å². The van der Waals surface area contributed by atoms with Crippen molar-refractivity contribution in [1.82, 2.24) is 5.32 Å². The van der Waals surface area contributed by atoms with E-state index >= 15 is 0 Å². The first-order valence-electron chi connectivity index (χ1n) is 8.11. The third-order valence-corrected chi connectivity index (χ3v) is 3.78. The first kappa shape index (κ1) is 17.5. The molecule has 0 aliphatic rings. The molecule has 0 radical (unpaired) electrons. The Balaban J connectivity index is 2.16. The van der Waals surface area contributed by atoms with Crippen molar-refractivity contribution in [2.75, 3.05) is 6.61 Å². The molecule has 3 heteroatoms. The highest BCUT2D eigenvalue weighted by molar-refractivity contribution is 5.67. The molecule has 0 heterocycles. The van der Waals surface area contributed by atoms with Gasteiger partial charge in [0.2, 0.25) is 0 Å². The van der Waals surface area contributed by atoms with Crippen molar-refractivity contribution in [2.24, 2.45) is 5.92 Å². The van der Waals surface area contributed by atoms with E-state index in [0.717, 1.165) is 12.0 Å². The molecule has 1 amide bonds. The zero-order chi connectivity index (χ0) is 15.5. The molecule has 1 N–H and O–H groups in total. The molecule has 0 aliphatic carbocycles. The number of rotatable bonds is 9. The van der Waals surface area contributed by atoms with Gasteiger partial charge in [0.25, 0.3) is 0 Å². The van der Waals surface area contributed by atoms with E-state index in [1.165, 1.54) is 25.7 Å². The Morgan fingerprint density at radius 2 is 1.86 bits per heavy atom. The van der Waals surface area contributed by atoms with Crippen molar-refractivity contribution in [3.05, 3.63) is 35.9 Å². The highest BCUT2D eigenvalue weighted by Gasteiger charge is 2.10. The molecule has 2 atom stereocenters. The molecule has 1 rings (SSSR count). The molecule has 0 saturated carbocycles. The molecule has 0 aromatic heterocycles. The van der Waals surface area contributed by atoms with Crippen molar-refractivity contribution >= 4 is 6.09 Å². The minimum Gasteiger partial charge on any atom is -0.450 e. The third-order valence-electron chi connectivity index (χ3n) is 3.78. The number of carbonyl (C=O) groups is 1. The number of amides is 1. The van der Waals surface area contributed by atoms with Crippen LogP contribution in [0.4, 0.5) is 4.79 Å². The van der Waals surface area contributed by atoms with Gasteiger partial charge in [-0.1, -0.05) is 69.9 Å². The van der Waals surface area contributed by atoms with Crippen LogP contribution in [0.3, 0.4) is 0 Å². The lowest BCUT2D eigenvalue weighted by molar-refractivity contribution is 0.135. The normalized spacial score (nSPS) is 13.5. The minimum absolute atomic E-state index is 0.0272. The molecular formula is C18H29NO2. The fourth-order valence-corrected chi connectivity index (χ4v) is 2.28. The van der Waals surface area contributed by atoms with Gasteiger partial charge in [0, 0.05) is 0 Å². The summed E-state index contributed by atoms with van der Waals surface area (Å²) in [4.78, 5) is 11.7. The number of alkyl carbamates (subject to hydrolysis) is 1. The molecular weight excluding hydrogens is 262 g/mol. The van der Waals surface area contributed by atoms with E-state index in [-0.39, 0.29) is 12.1 Å². The van der Waals surface area contributed by atoms with Gasteiger partial charge in [-0.3, -0.25) is 0 Å². The Kier molecular flexibility index (Phi) is 8.56. The van der Waals surface area contributed by atoms with Crippen LogP contribution in [0.25, 0.3) is 0 Å². The summed E-state index contributed by atoms with van der Waals surface area (Å²) in [5.41, 5.74) is 1.09. The summed E-state index contributed by atoms with van der Waals surface area (Å²) in [5.74, 6) is 0.621. The summed E-state index contributed by atoms with van der Waals surface area (Å²) in [6.45, 7) is 6.90. The lowest BCUT2D eigenvalue weighted by Gasteiger charge is -2.15. The number of hydrogen-bond donors (Lipinski definition) is 1. The number of carbonyl (C=O) groups excluding carboxylic acids is 1. The average molecular weight is 291 g/mol. The fourth-order valence-electron chi connectivity index (χ4n) is 2.28. The molecule has 0 bridgehead atoms. The first-order valence-corrected chi connectivity index (χ1v) is 8.11. The predicted octanol–water partition coefficient (Wildman–Crippen LogP) is 5.08. The molecule has 0 fully saturated rings. The zero-order valence-electron chi connectivity index (χ0n) is 13.6. The minimum atomic E-state index is -0.327. The second-order valence-electron chi connectivity index (χ2n) is 5.80. The van der Waals surface area contributed by atoms with Gasteiger partial charge in [0.05, 0.1) is 12.6 Å². The van der Waals surface area contributed by atoms with E-state index in [2.05, 4.69) is 19.2 Å². The van der Waals surface area contributed by atoms with Crippen LogP contribution in [0, 0.1) is 5.92 Å². The Morgan fingerprint density at radius 3 is 2.52 bits per heavy atom. The quantitative estimate of drug-likeness (QED) is 0.644. The molecule has 3 nitrogen and oxygen atoms in total. The standard InChI is InChI=1S/C18H29NO2/c1-4-5-7-10-15(2)13-14-21-18(20)19-16(3)17-11-8-6-9-12-17/h6,8-9,11-12,15-16H,4-5,7,10,13-14H2,1-3H3,(H,19,20). The smallest absolute Gasteiger partial charge is 0.407 e. The molecule has 1 aromatic rings. The molecule has 0 spiro atoms. The molecule has 0 saturated heterocycles. The Bertz CT molecular complexity index is 391. The van der Waals surface area contributed by atoms with E-state index in [1.54, 1.807) is 0 Å². The SMILES string of the molecule is CCCCCC(C)CCOC(=O)NC(C)c1ccccc1. The van der Waals surface area contributed by atoms with Gasteiger partial charge >= 0.3 is 6.09 Å². The van der Waals surface area contributed by atoms with E-state index in [9.17, 15) is 4.79 Å². The van der Waals surface area contributed by atoms with Crippen LogP contribution in [-0.2, 0) is 4.74 Å². The number of ether oxygens (including phenoxy) is 1. The largest absolute Gasteiger partial charge is 0.450 e. The van der Waals surface area contributed by atoms with Crippen molar-refractivity contribution in [3.8, 4) is 0 Å². The van der Waals surface area contributed by atoms with Gasteiger partial charge < -0.3 is 10.1 Å². The number of nitrogens with one attached hydrogen (secondary N) is 1. The summed E-state index contributed by atoms with van der Waals surface area (Å²) in [7, 11) is 0. The lowest BCUT2D eigenvalue weighted by Crippen LogP contribution is -2.27. The second kappa shape index (κ2) is 10.3. The van der Waals surface area contributed by atoms with Gasteiger partial charge in [0.1, 0.15) is 0 Å². The maximum atomic E-state index is 11.7. The first-order chi connectivity index (χ1) is 10.1. The summed E-state index contributed by atoms with van der Waals surface area (Å²) >= 11 is 0. The van der Waals surface area contributed by atoms with Gasteiger partial charge in [0.15, 0.2) is 0 Å². The summed E-state index contributed by atoms with van der Waals surface area (Å²) < 4.78 is 5.26. The zero-order valence-corrected chi connectivity index (χ0v) is 13.6. The van der Waals surface area contributed by atoms with Crippen molar-refractivity contribution in [2.45, 2.75) is 58.9 Å². The number of hydrogen-bond acceptors (Lipinski definition) is 2. The maximum absolute atomic E-state index is 11.7. The monoisotopic (exact) mass is 291 g/mol. The summed E-state index contributed by atoms with van der Waals surface area (Å²) in [5, 5.41) is 2.86. The van der Waals surface area contributed by atoms with Crippen molar-refractivity contribution in [3.63, 3.8) is 0 Å². The molecule has 21 heavy (non-hydrogen) atoms. The molecule has 1 aromatic carbocycles.